The lowest BCUT2D eigenvalue weighted by Gasteiger charge is -2.29. The third kappa shape index (κ3) is 10.8. The third-order valence-corrected chi connectivity index (χ3v) is 11.9. The van der Waals surface area contributed by atoms with E-state index in [1.54, 1.807) is 60.9 Å². The molecule has 2 aliphatic heterocycles. The van der Waals surface area contributed by atoms with Crippen molar-refractivity contribution in [2.75, 3.05) is 46.9 Å². The monoisotopic (exact) mass is 824 g/mol. The van der Waals surface area contributed by atoms with Gasteiger partial charge in [0.05, 0.1) is 37.9 Å². The molecule has 3 atom stereocenters. The van der Waals surface area contributed by atoms with Gasteiger partial charge in [-0.25, -0.2) is 9.88 Å². The van der Waals surface area contributed by atoms with E-state index in [1.165, 1.54) is 4.88 Å². The van der Waals surface area contributed by atoms with Crippen LogP contribution >= 0.6 is 31.5 Å². The van der Waals surface area contributed by atoms with Crippen molar-refractivity contribution in [3.63, 3.8) is 0 Å². The van der Waals surface area contributed by atoms with Crippen molar-refractivity contribution in [2.24, 2.45) is 4.99 Å². The molecule has 298 valence electrons. The van der Waals surface area contributed by atoms with E-state index in [9.17, 15) is 14.4 Å². The lowest BCUT2D eigenvalue weighted by molar-refractivity contribution is -0.133. The van der Waals surface area contributed by atoms with Crippen molar-refractivity contribution in [3.8, 4) is 10.8 Å². The molecule has 1 saturated heterocycles. The number of unbranched alkanes of at least 4 members (excludes halogenated alkanes) is 2. The van der Waals surface area contributed by atoms with Gasteiger partial charge in [0.15, 0.2) is 5.82 Å². The molecule has 4 aromatic rings. The number of aryl methyl sites for hydroxylation is 1. The minimum atomic E-state index is -1.28. The summed E-state index contributed by atoms with van der Waals surface area (Å²) in [5.41, 5.74) is 4.63. The van der Waals surface area contributed by atoms with E-state index in [-0.39, 0.29) is 37.5 Å². The summed E-state index contributed by atoms with van der Waals surface area (Å²) in [5.74, 6) is 0.491. The number of carbonyl (C=O) groups is 3. The highest BCUT2D eigenvalue weighted by Crippen LogP contribution is 2.39. The van der Waals surface area contributed by atoms with Crippen molar-refractivity contribution < 1.29 is 32.9 Å². The Kier molecular flexibility index (Phi) is 14.6. The smallest absolute Gasteiger partial charge is 0.409 e. The van der Waals surface area contributed by atoms with Crippen LogP contribution in [-0.2, 0) is 30.0 Å². The first kappa shape index (κ1) is 41.4. The predicted octanol–water partition coefficient (Wildman–Crippen LogP) is 5.79. The van der Waals surface area contributed by atoms with Gasteiger partial charge < -0.3 is 34.1 Å². The maximum atomic E-state index is 13.4. The largest absolute Gasteiger partial charge is 0.445 e. The van der Waals surface area contributed by atoms with Crippen LogP contribution in [0.15, 0.2) is 59.9 Å². The van der Waals surface area contributed by atoms with Crippen molar-refractivity contribution in [1.82, 2.24) is 35.4 Å². The SMILES string of the molecule is CNCC(=O)Oc1ccc(COC(=O)N(C)CCCCCOP2NCC(NC(=O)CC3N=C(c4ccc(Cl)cc4)c4c(sc(C)c4C)-n4cnnc43)CO2)cc1. The van der Waals surface area contributed by atoms with Crippen molar-refractivity contribution in [2.45, 2.75) is 58.2 Å². The number of fused-ring (bicyclic) bond motifs is 3. The summed E-state index contributed by atoms with van der Waals surface area (Å²) in [6.45, 7) is 6.29. The van der Waals surface area contributed by atoms with Gasteiger partial charge >= 0.3 is 12.1 Å². The van der Waals surface area contributed by atoms with Gasteiger partial charge in [-0.15, -0.1) is 21.5 Å². The van der Waals surface area contributed by atoms with E-state index in [0.29, 0.717) is 42.9 Å². The zero-order valence-electron chi connectivity index (χ0n) is 31.7. The second-order valence-corrected chi connectivity index (χ2v) is 16.4. The van der Waals surface area contributed by atoms with Gasteiger partial charge in [-0.05, 0) is 75.5 Å². The van der Waals surface area contributed by atoms with Crippen LogP contribution in [0, 0.1) is 13.8 Å². The predicted molar refractivity (Wildman–Crippen MR) is 215 cm³/mol. The van der Waals surface area contributed by atoms with Crippen LogP contribution in [0.2, 0.25) is 5.02 Å². The van der Waals surface area contributed by atoms with E-state index in [1.807, 2.05) is 28.8 Å². The van der Waals surface area contributed by atoms with E-state index in [4.69, 9.17) is 35.1 Å². The lowest BCUT2D eigenvalue weighted by Crippen LogP contribution is -2.47. The first-order valence-corrected chi connectivity index (χ1v) is 20.7. The minimum Gasteiger partial charge on any atom is -0.445 e. The Balaban J connectivity index is 0.889. The Morgan fingerprint density at radius 3 is 2.62 bits per heavy atom. The standard InChI is InChI=1S/C38H46ClN8O7PS/c1-24-25(2)56-37-34(24)35(27-10-12-28(39)13-11-27)44-31(36-45-41-23-47(36)37)18-32(48)43-29-19-42-55(53-22-29)52-17-7-5-6-16-46(4)38(50)51-21-26-8-14-30(15-9-26)54-33(49)20-40-3/h8-15,23,29,31,40,42H,5-7,16-22H2,1-4H3,(H,43,48). The molecular weight excluding hydrogens is 779 g/mol. The normalized spacial score (nSPS) is 17.6. The Bertz CT molecular complexity index is 2000. The molecular formula is C38H46ClN8O7PS. The third-order valence-electron chi connectivity index (χ3n) is 9.20. The van der Waals surface area contributed by atoms with Crippen LogP contribution in [0.5, 0.6) is 5.75 Å². The summed E-state index contributed by atoms with van der Waals surface area (Å²) in [4.78, 5) is 45.3. The van der Waals surface area contributed by atoms with Gasteiger partial charge in [0.25, 0.3) is 8.53 Å². The number of amides is 2. The van der Waals surface area contributed by atoms with Gasteiger partial charge in [0.2, 0.25) is 5.91 Å². The zero-order valence-corrected chi connectivity index (χ0v) is 34.2. The number of halogens is 1. The molecule has 0 spiro atoms. The Morgan fingerprint density at radius 1 is 1.11 bits per heavy atom. The van der Waals surface area contributed by atoms with Gasteiger partial charge in [-0.1, -0.05) is 35.9 Å². The number of thiophene rings is 1. The number of aromatic nitrogens is 3. The summed E-state index contributed by atoms with van der Waals surface area (Å²) in [6.07, 6.45) is 3.81. The second kappa shape index (κ2) is 19.7. The number of ether oxygens (including phenoxy) is 2. The number of benzene rings is 2. The molecule has 0 saturated carbocycles. The van der Waals surface area contributed by atoms with Gasteiger partial charge in [0.1, 0.15) is 29.7 Å². The highest BCUT2D eigenvalue weighted by molar-refractivity contribution is 7.45. The highest BCUT2D eigenvalue weighted by Gasteiger charge is 2.32. The molecule has 3 unspecified atom stereocenters. The molecule has 2 aliphatic rings. The number of rotatable bonds is 16. The molecule has 1 fully saturated rings. The van der Waals surface area contributed by atoms with Crippen LogP contribution in [0.4, 0.5) is 4.79 Å². The van der Waals surface area contributed by atoms with Gasteiger partial charge in [-0.3, -0.25) is 19.1 Å². The molecule has 56 heavy (non-hydrogen) atoms. The van der Waals surface area contributed by atoms with Crippen LogP contribution < -0.4 is 20.5 Å². The fourth-order valence-electron chi connectivity index (χ4n) is 6.10. The molecule has 6 rings (SSSR count). The molecule has 2 aromatic carbocycles. The number of likely N-dealkylation sites (N-methyl/N-ethyl adjacent to an activating group) is 1. The second-order valence-electron chi connectivity index (χ2n) is 13.4. The molecule has 3 N–H and O–H groups in total. The minimum absolute atomic E-state index is 0.0861. The van der Waals surface area contributed by atoms with E-state index >= 15 is 0 Å². The van der Waals surface area contributed by atoms with Crippen molar-refractivity contribution >= 4 is 55.1 Å². The lowest BCUT2D eigenvalue weighted by atomic mass is 9.99. The maximum Gasteiger partial charge on any atom is 0.409 e. The molecule has 0 bridgehead atoms. The topological polar surface area (TPSA) is 171 Å². The Morgan fingerprint density at radius 2 is 1.89 bits per heavy atom. The number of esters is 1. The molecule has 2 amide bonds. The summed E-state index contributed by atoms with van der Waals surface area (Å²) in [5, 5.41) is 19.3. The van der Waals surface area contributed by atoms with Crippen LogP contribution in [0.3, 0.4) is 0 Å². The van der Waals surface area contributed by atoms with E-state index in [0.717, 1.165) is 52.2 Å². The maximum absolute atomic E-state index is 13.4. The average Bonchev–Trinajstić information content (AvgIpc) is 3.76. The van der Waals surface area contributed by atoms with Crippen LogP contribution in [0.1, 0.15) is 64.7 Å². The first-order valence-electron chi connectivity index (χ1n) is 18.3. The fourth-order valence-corrected chi connectivity index (χ4v) is 8.60. The Labute approximate surface area is 336 Å². The molecule has 2 aromatic heterocycles. The molecule has 0 radical (unpaired) electrons. The number of nitrogens with zero attached hydrogens (tertiary/aromatic N) is 5. The van der Waals surface area contributed by atoms with Crippen LogP contribution in [0.25, 0.3) is 5.00 Å². The van der Waals surface area contributed by atoms with Crippen molar-refractivity contribution in [1.29, 1.82) is 0 Å². The number of carbonyl (C=O) groups excluding carboxylic acids is 3. The molecule has 0 aliphatic carbocycles. The summed E-state index contributed by atoms with van der Waals surface area (Å²) in [7, 11) is 2.10. The van der Waals surface area contributed by atoms with Gasteiger partial charge in [0, 0.05) is 41.2 Å². The molecule has 18 heteroatoms. The quantitative estimate of drug-likeness (QED) is 0.0541. The average molecular weight is 825 g/mol. The molecule has 4 heterocycles. The van der Waals surface area contributed by atoms with E-state index < -0.39 is 20.7 Å². The number of aliphatic imine (C=N–C) groups is 1. The van der Waals surface area contributed by atoms with Crippen LogP contribution in [-0.4, -0.2) is 96.3 Å². The van der Waals surface area contributed by atoms with Gasteiger partial charge in [-0.2, -0.15) is 0 Å². The summed E-state index contributed by atoms with van der Waals surface area (Å²) < 4.78 is 24.4. The number of hydrogen-bond donors (Lipinski definition) is 3. The zero-order chi connectivity index (χ0) is 39.6. The molecule has 15 nitrogen and oxygen atoms in total. The first-order chi connectivity index (χ1) is 27.1. The summed E-state index contributed by atoms with van der Waals surface area (Å²) >= 11 is 7.87. The Hall–Kier alpha value is -4.28. The summed E-state index contributed by atoms with van der Waals surface area (Å²) in [6, 6.07) is 13.6. The fraction of sp³-hybridized carbons (Fsp3) is 0.421. The highest BCUT2D eigenvalue weighted by atomic mass is 35.5. The van der Waals surface area contributed by atoms with E-state index in [2.05, 4.69) is 39.8 Å². The number of nitrogens with one attached hydrogen (secondary N) is 3. The van der Waals surface area contributed by atoms with Crippen molar-refractivity contribution in [3.05, 3.63) is 92.8 Å². The number of hydrogen-bond acceptors (Lipinski definition) is 13.